The number of alkyl halides is 2. The van der Waals surface area contributed by atoms with Gasteiger partial charge in [0, 0.05) is 18.3 Å². The van der Waals surface area contributed by atoms with E-state index in [2.05, 4.69) is 4.98 Å². The lowest BCUT2D eigenvalue weighted by atomic mass is 10.1. The quantitative estimate of drug-likeness (QED) is 0.812. The third-order valence-electron chi connectivity index (χ3n) is 1.94. The number of ether oxygens (including phenoxy) is 1. The minimum atomic E-state index is -2.61. The molecule has 1 aromatic rings. The Morgan fingerprint density at radius 2 is 2.21 bits per heavy atom. The van der Waals surface area contributed by atoms with Crippen LogP contribution < -0.4 is 10.5 Å². The van der Waals surface area contributed by atoms with E-state index in [1.165, 1.54) is 13.3 Å². The summed E-state index contributed by atoms with van der Waals surface area (Å²) in [4.78, 5) is 3.84. The molecular weight excluding hydrogens is 190 g/mol. The fraction of sp³-hybridized carbons (Fsp3) is 0.444. The molecule has 0 aromatic carbocycles. The maximum atomic E-state index is 12.7. The first-order chi connectivity index (χ1) is 6.61. The molecule has 0 unspecified atom stereocenters. The second-order valence-corrected chi connectivity index (χ2v) is 2.84. The van der Waals surface area contributed by atoms with E-state index in [0.717, 1.165) is 0 Å². The summed E-state index contributed by atoms with van der Waals surface area (Å²) >= 11 is 0. The Morgan fingerprint density at radius 3 is 2.64 bits per heavy atom. The standard InChI is InChI=1S/C9H12F2N2O/c1-5-4-13-6(3-12)7(9(10)11)8(5)14-2/h4,9H,3,12H2,1-2H3. The van der Waals surface area contributed by atoms with Crippen LogP contribution >= 0.6 is 0 Å². The van der Waals surface area contributed by atoms with Crippen molar-refractivity contribution in [3.63, 3.8) is 0 Å². The zero-order valence-electron chi connectivity index (χ0n) is 8.05. The predicted octanol–water partition coefficient (Wildman–Crippen LogP) is 1.79. The first kappa shape index (κ1) is 10.8. The van der Waals surface area contributed by atoms with Crippen molar-refractivity contribution in [2.24, 2.45) is 5.73 Å². The van der Waals surface area contributed by atoms with Crippen molar-refractivity contribution < 1.29 is 13.5 Å². The molecule has 0 amide bonds. The van der Waals surface area contributed by atoms with E-state index >= 15 is 0 Å². The van der Waals surface area contributed by atoms with Crippen LogP contribution in [0.1, 0.15) is 23.2 Å². The molecule has 2 N–H and O–H groups in total. The Morgan fingerprint density at radius 1 is 1.57 bits per heavy atom. The minimum absolute atomic E-state index is 0.0175. The fourth-order valence-corrected chi connectivity index (χ4v) is 1.31. The lowest BCUT2D eigenvalue weighted by Gasteiger charge is -2.13. The van der Waals surface area contributed by atoms with Gasteiger partial charge in [0.05, 0.1) is 18.4 Å². The Balaban J connectivity index is 3.36. The van der Waals surface area contributed by atoms with E-state index in [-0.39, 0.29) is 23.6 Å². The van der Waals surface area contributed by atoms with E-state index < -0.39 is 6.43 Å². The third-order valence-corrected chi connectivity index (χ3v) is 1.94. The van der Waals surface area contributed by atoms with Crippen molar-refractivity contribution in [1.82, 2.24) is 4.98 Å². The lowest BCUT2D eigenvalue weighted by Crippen LogP contribution is -2.08. The fourth-order valence-electron chi connectivity index (χ4n) is 1.31. The summed E-state index contributed by atoms with van der Waals surface area (Å²) in [5.41, 5.74) is 5.88. The highest BCUT2D eigenvalue weighted by Gasteiger charge is 2.20. The summed E-state index contributed by atoms with van der Waals surface area (Å²) in [6.07, 6.45) is -1.14. The van der Waals surface area contributed by atoms with Gasteiger partial charge in [-0.1, -0.05) is 0 Å². The van der Waals surface area contributed by atoms with Crippen molar-refractivity contribution in [3.05, 3.63) is 23.0 Å². The second-order valence-electron chi connectivity index (χ2n) is 2.84. The summed E-state index contributed by atoms with van der Waals surface area (Å²) in [6.45, 7) is 1.65. The van der Waals surface area contributed by atoms with Crippen LogP contribution in [0.2, 0.25) is 0 Å². The molecule has 5 heteroatoms. The van der Waals surface area contributed by atoms with Crippen LogP contribution in [0.4, 0.5) is 8.78 Å². The van der Waals surface area contributed by atoms with Gasteiger partial charge in [-0.05, 0) is 6.92 Å². The molecule has 78 valence electrons. The molecule has 0 aliphatic heterocycles. The SMILES string of the molecule is COc1c(C)cnc(CN)c1C(F)F. The molecule has 1 heterocycles. The van der Waals surface area contributed by atoms with Gasteiger partial charge in [0.25, 0.3) is 6.43 Å². The van der Waals surface area contributed by atoms with Gasteiger partial charge in [-0.15, -0.1) is 0 Å². The van der Waals surface area contributed by atoms with Crippen LogP contribution in [0.25, 0.3) is 0 Å². The summed E-state index contributed by atoms with van der Waals surface area (Å²) < 4.78 is 30.2. The zero-order chi connectivity index (χ0) is 10.7. The predicted molar refractivity (Wildman–Crippen MR) is 48.4 cm³/mol. The highest BCUT2D eigenvalue weighted by molar-refractivity contribution is 5.42. The molecule has 0 fully saturated rings. The van der Waals surface area contributed by atoms with Gasteiger partial charge in [0.2, 0.25) is 0 Å². The van der Waals surface area contributed by atoms with Gasteiger partial charge in [-0.25, -0.2) is 8.78 Å². The smallest absolute Gasteiger partial charge is 0.269 e. The average Bonchev–Trinajstić information content (AvgIpc) is 2.17. The molecule has 0 aliphatic carbocycles. The maximum Gasteiger partial charge on any atom is 0.269 e. The Labute approximate surface area is 80.9 Å². The molecule has 0 spiro atoms. The van der Waals surface area contributed by atoms with Gasteiger partial charge in [0.1, 0.15) is 5.75 Å². The molecule has 14 heavy (non-hydrogen) atoms. The van der Waals surface area contributed by atoms with E-state index in [0.29, 0.717) is 5.56 Å². The summed E-state index contributed by atoms with van der Waals surface area (Å²) in [5.74, 6) is 0.176. The van der Waals surface area contributed by atoms with E-state index in [1.807, 2.05) is 0 Å². The van der Waals surface area contributed by atoms with Crippen LogP contribution in [-0.2, 0) is 6.54 Å². The number of halogens is 2. The highest BCUT2D eigenvalue weighted by Crippen LogP contribution is 2.33. The van der Waals surface area contributed by atoms with Crippen LogP contribution in [0.3, 0.4) is 0 Å². The van der Waals surface area contributed by atoms with Gasteiger partial charge >= 0.3 is 0 Å². The topological polar surface area (TPSA) is 48.1 Å². The molecule has 0 saturated carbocycles. The summed E-state index contributed by atoms with van der Waals surface area (Å²) in [5, 5.41) is 0. The Bertz CT molecular complexity index is 329. The largest absolute Gasteiger partial charge is 0.496 e. The lowest BCUT2D eigenvalue weighted by molar-refractivity contribution is 0.145. The first-order valence-corrected chi connectivity index (χ1v) is 4.12. The van der Waals surface area contributed by atoms with Crippen LogP contribution in [0, 0.1) is 6.92 Å². The van der Waals surface area contributed by atoms with Crippen LogP contribution in [0.15, 0.2) is 6.20 Å². The van der Waals surface area contributed by atoms with Crippen LogP contribution in [-0.4, -0.2) is 12.1 Å². The zero-order valence-corrected chi connectivity index (χ0v) is 8.05. The Hall–Kier alpha value is -1.23. The molecule has 0 aliphatic rings. The van der Waals surface area contributed by atoms with Crippen LogP contribution in [0.5, 0.6) is 5.75 Å². The van der Waals surface area contributed by atoms with Crippen molar-refractivity contribution in [1.29, 1.82) is 0 Å². The second kappa shape index (κ2) is 4.32. The number of rotatable bonds is 3. The van der Waals surface area contributed by atoms with Crippen molar-refractivity contribution >= 4 is 0 Å². The number of hydrogen-bond donors (Lipinski definition) is 1. The minimum Gasteiger partial charge on any atom is -0.496 e. The average molecular weight is 202 g/mol. The molecule has 1 rings (SSSR count). The maximum absolute atomic E-state index is 12.7. The third kappa shape index (κ3) is 1.82. The van der Waals surface area contributed by atoms with Crippen molar-refractivity contribution in [2.75, 3.05) is 7.11 Å². The first-order valence-electron chi connectivity index (χ1n) is 4.12. The van der Waals surface area contributed by atoms with Crippen molar-refractivity contribution in [3.8, 4) is 5.75 Å². The molecular formula is C9H12F2N2O. The number of nitrogens with zero attached hydrogens (tertiary/aromatic N) is 1. The molecule has 3 nitrogen and oxygen atoms in total. The molecule has 0 radical (unpaired) electrons. The van der Waals surface area contributed by atoms with Gasteiger partial charge in [-0.2, -0.15) is 0 Å². The monoisotopic (exact) mass is 202 g/mol. The number of aryl methyl sites for hydroxylation is 1. The van der Waals surface area contributed by atoms with Crippen molar-refractivity contribution in [2.45, 2.75) is 19.9 Å². The number of hydrogen-bond acceptors (Lipinski definition) is 3. The molecule has 0 saturated heterocycles. The van der Waals surface area contributed by atoms with Gasteiger partial charge in [-0.3, -0.25) is 4.98 Å². The summed E-state index contributed by atoms with van der Waals surface area (Å²) in [6, 6.07) is 0. The summed E-state index contributed by atoms with van der Waals surface area (Å²) in [7, 11) is 1.36. The number of methoxy groups -OCH3 is 1. The molecule has 1 aromatic heterocycles. The number of nitrogens with two attached hydrogens (primary N) is 1. The number of aromatic nitrogens is 1. The highest BCUT2D eigenvalue weighted by atomic mass is 19.3. The van der Waals surface area contributed by atoms with E-state index in [1.54, 1.807) is 6.92 Å². The van der Waals surface area contributed by atoms with Gasteiger partial charge in [0.15, 0.2) is 0 Å². The molecule has 0 atom stereocenters. The normalized spacial score (nSPS) is 10.7. The van der Waals surface area contributed by atoms with E-state index in [9.17, 15) is 8.78 Å². The number of pyridine rings is 1. The van der Waals surface area contributed by atoms with E-state index in [4.69, 9.17) is 10.5 Å². The van der Waals surface area contributed by atoms with Gasteiger partial charge < -0.3 is 10.5 Å². The molecule has 0 bridgehead atoms. The Kier molecular flexibility index (Phi) is 3.35.